The lowest BCUT2D eigenvalue weighted by molar-refractivity contribution is 0.475. The normalized spacial score (nSPS) is 10.9. The van der Waals surface area contributed by atoms with Gasteiger partial charge < -0.3 is 5.11 Å². The maximum atomic E-state index is 11.4. The van der Waals surface area contributed by atoms with Crippen LogP contribution in [-0.4, -0.2) is 24.6 Å². The molecule has 0 radical (unpaired) electrons. The number of aromatic hydroxyl groups is 1. The monoisotopic (exact) mass is 242 g/mol. The highest BCUT2D eigenvalue weighted by Gasteiger charge is 2.08. The van der Waals surface area contributed by atoms with Gasteiger partial charge in [0.1, 0.15) is 5.75 Å². The van der Waals surface area contributed by atoms with Crippen molar-refractivity contribution in [2.45, 2.75) is 0 Å². The number of H-pyrrole nitrogens is 1. The molecule has 0 saturated carbocycles. The molecule has 0 aliphatic carbocycles. The summed E-state index contributed by atoms with van der Waals surface area (Å²) in [6, 6.07) is 6.65. The summed E-state index contributed by atoms with van der Waals surface area (Å²) in [6.07, 6.45) is 1.59. The van der Waals surface area contributed by atoms with Crippen LogP contribution in [-0.2, 0) is 7.05 Å². The molecule has 90 valence electrons. The summed E-state index contributed by atoms with van der Waals surface area (Å²) in [6.45, 7) is 0. The molecule has 0 aliphatic rings. The highest BCUT2D eigenvalue weighted by molar-refractivity contribution is 5.70. The maximum Gasteiger partial charge on any atom is 0.328 e. The zero-order chi connectivity index (χ0) is 12.7. The fourth-order valence-electron chi connectivity index (χ4n) is 1.75. The summed E-state index contributed by atoms with van der Waals surface area (Å²) in [7, 11) is 1.64. The highest BCUT2D eigenvalue weighted by Crippen LogP contribution is 2.20. The molecule has 1 aromatic carbocycles. The molecule has 0 fully saturated rings. The molecule has 0 aliphatic heterocycles. The van der Waals surface area contributed by atoms with Crippen molar-refractivity contribution in [2.75, 3.05) is 0 Å². The molecule has 2 aromatic heterocycles. The predicted molar refractivity (Wildman–Crippen MR) is 66.2 cm³/mol. The second kappa shape index (κ2) is 3.69. The number of phenolic OH excluding ortho intramolecular Hbond substituents is 1. The smallest absolute Gasteiger partial charge is 0.328 e. The standard InChI is InChI=1S/C12H10N4O2/c1-16-11-10(15-12(16)18)13-6-9(14-11)7-2-4-8(17)5-3-7/h2-6,17H,1H3,(H,13,15,18). The zero-order valence-corrected chi connectivity index (χ0v) is 9.58. The van der Waals surface area contributed by atoms with Crippen LogP contribution in [0.1, 0.15) is 0 Å². The van der Waals surface area contributed by atoms with Gasteiger partial charge in [-0.1, -0.05) is 0 Å². The van der Waals surface area contributed by atoms with E-state index in [0.29, 0.717) is 17.0 Å². The minimum absolute atomic E-state index is 0.196. The van der Waals surface area contributed by atoms with Crippen LogP contribution >= 0.6 is 0 Å². The largest absolute Gasteiger partial charge is 0.508 e. The third-order valence-corrected chi connectivity index (χ3v) is 2.76. The molecule has 18 heavy (non-hydrogen) atoms. The number of fused-ring (bicyclic) bond motifs is 1. The molecule has 2 heterocycles. The van der Waals surface area contributed by atoms with E-state index in [-0.39, 0.29) is 11.4 Å². The molecule has 6 nitrogen and oxygen atoms in total. The van der Waals surface area contributed by atoms with Crippen molar-refractivity contribution in [3.8, 4) is 17.0 Å². The molecule has 0 unspecified atom stereocenters. The van der Waals surface area contributed by atoms with E-state index in [9.17, 15) is 9.90 Å². The van der Waals surface area contributed by atoms with Gasteiger partial charge in [-0.15, -0.1) is 0 Å². The number of nitrogens with one attached hydrogen (secondary N) is 1. The predicted octanol–water partition coefficient (Wildman–Crippen LogP) is 1.03. The van der Waals surface area contributed by atoms with Crippen LogP contribution in [0.15, 0.2) is 35.3 Å². The summed E-state index contributed by atoms with van der Waals surface area (Å²) in [5.41, 5.74) is 2.21. The van der Waals surface area contributed by atoms with E-state index in [4.69, 9.17) is 0 Å². The van der Waals surface area contributed by atoms with Gasteiger partial charge in [0.05, 0.1) is 11.9 Å². The van der Waals surface area contributed by atoms with Crippen LogP contribution in [0.5, 0.6) is 5.75 Å². The Kier molecular flexibility index (Phi) is 2.16. The van der Waals surface area contributed by atoms with Crippen molar-refractivity contribution in [1.82, 2.24) is 19.5 Å². The molecule has 3 rings (SSSR count). The van der Waals surface area contributed by atoms with E-state index in [2.05, 4.69) is 15.0 Å². The molecule has 0 bridgehead atoms. The number of hydrogen-bond acceptors (Lipinski definition) is 4. The quantitative estimate of drug-likeness (QED) is 0.667. The number of phenols is 1. The lowest BCUT2D eigenvalue weighted by atomic mass is 10.1. The van der Waals surface area contributed by atoms with Gasteiger partial charge in [0, 0.05) is 12.6 Å². The van der Waals surface area contributed by atoms with Gasteiger partial charge >= 0.3 is 5.69 Å². The van der Waals surface area contributed by atoms with Crippen LogP contribution in [0.3, 0.4) is 0 Å². The van der Waals surface area contributed by atoms with E-state index in [1.165, 1.54) is 4.57 Å². The molecule has 0 atom stereocenters. The van der Waals surface area contributed by atoms with Gasteiger partial charge in [-0.2, -0.15) is 0 Å². The number of benzene rings is 1. The molecule has 0 saturated heterocycles. The first-order valence-electron chi connectivity index (χ1n) is 5.36. The Morgan fingerprint density at radius 1 is 1.28 bits per heavy atom. The van der Waals surface area contributed by atoms with Crippen molar-refractivity contribution in [1.29, 1.82) is 0 Å². The molecule has 2 N–H and O–H groups in total. The summed E-state index contributed by atoms with van der Waals surface area (Å²) in [5.74, 6) is 0.196. The Hall–Kier alpha value is -2.63. The third kappa shape index (κ3) is 1.55. The lowest BCUT2D eigenvalue weighted by Gasteiger charge is -2.01. The van der Waals surface area contributed by atoms with Gasteiger partial charge in [0.15, 0.2) is 11.3 Å². The van der Waals surface area contributed by atoms with Crippen molar-refractivity contribution in [2.24, 2.45) is 7.05 Å². The van der Waals surface area contributed by atoms with E-state index in [0.717, 1.165) is 5.56 Å². The van der Waals surface area contributed by atoms with Crippen molar-refractivity contribution in [3.63, 3.8) is 0 Å². The van der Waals surface area contributed by atoms with Crippen LogP contribution < -0.4 is 5.69 Å². The second-order valence-electron chi connectivity index (χ2n) is 3.96. The van der Waals surface area contributed by atoms with E-state index >= 15 is 0 Å². The first-order chi connectivity index (χ1) is 8.65. The number of aromatic amines is 1. The van der Waals surface area contributed by atoms with E-state index < -0.39 is 0 Å². The number of rotatable bonds is 1. The summed E-state index contributed by atoms with van der Waals surface area (Å²) in [4.78, 5) is 22.6. The maximum absolute atomic E-state index is 11.4. The number of aromatic nitrogens is 4. The Morgan fingerprint density at radius 2 is 2.00 bits per heavy atom. The van der Waals surface area contributed by atoms with Crippen molar-refractivity contribution < 1.29 is 5.11 Å². The van der Waals surface area contributed by atoms with Crippen LogP contribution in [0.4, 0.5) is 0 Å². The molecular formula is C12H10N4O2. The fraction of sp³-hybridized carbons (Fsp3) is 0.0833. The van der Waals surface area contributed by atoms with E-state index in [1.54, 1.807) is 37.5 Å². The minimum Gasteiger partial charge on any atom is -0.508 e. The molecular weight excluding hydrogens is 232 g/mol. The first kappa shape index (κ1) is 10.5. The van der Waals surface area contributed by atoms with Crippen molar-refractivity contribution >= 4 is 11.3 Å². The second-order valence-corrected chi connectivity index (χ2v) is 3.96. The zero-order valence-electron chi connectivity index (χ0n) is 9.58. The molecule has 0 spiro atoms. The number of nitrogens with zero attached hydrogens (tertiary/aromatic N) is 3. The summed E-state index contributed by atoms with van der Waals surface area (Å²) in [5, 5.41) is 9.24. The van der Waals surface area contributed by atoms with Crippen LogP contribution in [0.25, 0.3) is 22.6 Å². The van der Waals surface area contributed by atoms with E-state index in [1.807, 2.05) is 0 Å². The number of imidazole rings is 1. The van der Waals surface area contributed by atoms with Gasteiger partial charge in [-0.3, -0.25) is 9.55 Å². The Morgan fingerprint density at radius 3 is 2.72 bits per heavy atom. The molecule has 6 heteroatoms. The van der Waals surface area contributed by atoms with Gasteiger partial charge in [-0.05, 0) is 24.3 Å². The lowest BCUT2D eigenvalue weighted by Crippen LogP contribution is -2.12. The summed E-state index contributed by atoms with van der Waals surface area (Å²) >= 11 is 0. The molecule has 3 aromatic rings. The number of hydrogen-bond donors (Lipinski definition) is 2. The SMILES string of the molecule is Cn1c(=O)[nH]c2ncc(-c3ccc(O)cc3)nc21. The fourth-order valence-corrected chi connectivity index (χ4v) is 1.75. The highest BCUT2D eigenvalue weighted by atomic mass is 16.3. The number of aryl methyl sites for hydroxylation is 1. The topological polar surface area (TPSA) is 83.8 Å². The average molecular weight is 242 g/mol. The van der Waals surface area contributed by atoms with Crippen LogP contribution in [0, 0.1) is 0 Å². The van der Waals surface area contributed by atoms with Gasteiger partial charge in [0.2, 0.25) is 0 Å². The Bertz CT molecular complexity index is 771. The van der Waals surface area contributed by atoms with Crippen molar-refractivity contribution in [3.05, 3.63) is 40.9 Å². The average Bonchev–Trinajstić information content (AvgIpc) is 2.66. The van der Waals surface area contributed by atoms with Gasteiger partial charge in [-0.25, -0.2) is 14.8 Å². The molecule has 0 amide bonds. The first-order valence-corrected chi connectivity index (χ1v) is 5.36. The minimum atomic E-state index is -0.243. The summed E-state index contributed by atoms with van der Waals surface area (Å²) < 4.78 is 1.41. The Balaban J connectivity index is 2.21. The van der Waals surface area contributed by atoms with Gasteiger partial charge in [0.25, 0.3) is 0 Å². The Labute approximate surface area is 102 Å². The third-order valence-electron chi connectivity index (χ3n) is 2.76. The van der Waals surface area contributed by atoms with Crippen LogP contribution in [0.2, 0.25) is 0 Å².